The van der Waals surface area contributed by atoms with Crippen molar-refractivity contribution in [2.24, 2.45) is 51.8 Å². The van der Waals surface area contributed by atoms with Gasteiger partial charge in [0.15, 0.2) is 0 Å². The summed E-state index contributed by atoms with van der Waals surface area (Å²) in [5, 5.41) is 10.3. The van der Waals surface area contributed by atoms with E-state index in [0.717, 1.165) is 30.1 Å². The lowest BCUT2D eigenvalue weighted by Crippen LogP contribution is -2.49. The Kier molecular flexibility index (Phi) is 6.34. The number of benzene rings is 1. The van der Waals surface area contributed by atoms with Gasteiger partial charge in [0.1, 0.15) is 0 Å². The highest BCUT2D eigenvalue weighted by molar-refractivity contribution is 5.48. The summed E-state index contributed by atoms with van der Waals surface area (Å²) in [6.45, 7) is 12.8. The van der Waals surface area contributed by atoms with Crippen molar-refractivity contribution in [3.05, 3.63) is 59.7 Å². The number of aliphatic hydroxyl groups excluding tert-OH is 1. The summed E-state index contributed by atoms with van der Waals surface area (Å²) in [5.74, 6) is 4.45. The third kappa shape index (κ3) is 3.90. The Labute approximate surface area is 220 Å². The minimum Gasteiger partial charge on any atom is -0.396 e. The fraction of sp³-hybridized carbons (Fsp3) is 0.714. The second-order valence-corrected chi connectivity index (χ2v) is 14.6. The van der Waals surface area contributed by atoms with Gasteiger partial charge in [0.05, 0.1) is 0 Å². The molecule has 0 saturated heterocycles. The van der Waals surface area contributed by atoms with Crippen molar-refractivity contribution >= 4 is 0 Å². The van der Waals surface area contributed by atoms with Gasteiger partial charge in [-0.15, -0.1) is 0 Å². The Morgan fingerprint density at radius 1 is 0.972 bits per heavy atom. The Hall–Kier alpha value is -1.34. The molecule has 0 aliphatic heterocycles. The van der Waals surface area contributed by atoms with Crippen LogP contribution >= 0.6 is 0 Å². The summed E-state index contributed by atoms with van der Waals surface area (Å²) >= 11 is 0. The molecule has 0 heterocycles. The minimum atomic E-state index is 0.317. The second-order valence-electron chi connectivity index (χ2n) is 14.6. The van der Waals surface area contributed by atoms with Crippen molar-refractivity contribution in [1.29, 1.82) is 0 Å². The van der Waals surface area contributed by atoms with Gasteiger partial charge in [0.2, 0.25) is 0 Å². The highest BCUT2D eigenvalue weighted by atomic mass is 16.3. The van der Waals surface area contributed by atoms with Crippen molar-refractivity contribution < 1.29 is 5.11 Å². The van der Waals surface area contributed by atoms with Gasteiger partial charge in [-0.1, -0.05) is 107 Å². The van der Waals surface area contributed by atoms with Gasteiger partial charge in [-0.2, -0.15) is 0 Å². The lowest BCUT2D eigenvalue weighted by Gasteiger charge is -2.57. The molecule has 1 aromatic rings. The molecular formula is C35H50O. The van der Waals surface area contributed by atoms with Crippen molar-refractivity contribution in [3.8, 4) is 0 Å². The summed E-state index contributed by atoms with van der Waals surface area (Å²) in [5.41, 5.74) is 5.83. The number of fused-ring (bicyclic) bond motifs is 4. The van der Waals surface area contributed by atoms with Gasteiger partial charge in [-0.05, 0) is 102 Å². The molecule has 0 radical (unpaired) electrons. The van der Waals surface area contributed by atoms with E-state index in [1.807, 2.05) is 5.57 Å². The maximum absolute atomic E-state index is 10.3. The van der Waals surface area contributed by atoms with Crippen LogP contribution in [0.3, 0.4) is 0 Å². The highest BCUT2D eigenvalue weighted by Gasteiger charge is 2.72. The molecule has 7 atom stereocenters. The van der Waals surface area contributed by atoms with E-state index in [2.05, 4.69) is 63.8 Å². The Balaban J connectivity index is 1.26. The van der Waals surface area contributed by atoms with Gasteiger partial charge >= 0.3 is 0 Å². The van der Waals surface area contributed by atoms with E-state index in [1.54, 1.807) is 0 Å². The molecule has 4 fully saturated rings. The first-order valence-electron chi connectivity index (χ1n) is 15.4. The van der Waals surface area contributed by atoms with Gasteiger partial charge in [-0.3, -0.25) is 0 Å². The first-order chi connectivity index (χ1) is 17.3. The first kappa shape index (κ1) is 25.0. The van der Waals surface area contributed by atoms with Crippen LogP contribution in [0.15, 0.2) is 54.1 Å². The largest absolute Gasteiger partial charge is 0.396 e. The minimum absolute atomic E-state index is 0.317. The van der Waals surface area contributed by atoms with Crippen LogP contribution in [-0.2, 0) is 6.42 Å². The number of rotatable bonds is 6. The van der Waals surface area contributed by atoms with Crippen LogP contribution in [0.1, 0.15) is 97.0 Å². The average Bonchev–Trinajstić information content (AvgIpc) is 3.27. The lowest BCUT2D eigenvalue weighted by atomic mass is 9.47. The summed E-state index contributed by atoms with van der Waals surface area (Å²) in [4.78, 5) is 0. The van der Waals surface area contributed by atoms with Crippen LogP contribution in [0.25, 0.3) is 0 Å². The van der Waals surface area contributed by atoms with E-state index in [0.29, 0.717) is 34.7 Å². The monoisotopic (exact) mass is 486 g/mol. The lowest BCUT2D eigenvalue weighted by molar-refractivity contribution is 0.0121. The molecule has 0 unspecified atom stereocenters. The maximum Gasteiger partial charge on any atom is 0.0462 e. The number of hydrogen-bond donors (Lipinski definition) is 1. The standard InChI is InChI=1S/C35H50O/c1-24-19-30-34(4,32-31(24)33(32,2)3)29(28-13-9-6-10-14-28)16-18-35(30)17-15-26(22-35)21-27(23-36)20-25-11-7-5-8-12-25/h5,7-8,11-12,19,26-29,31-32,36H,1,6,9-10,13-18,20-23H2,2-4H3/t26-,27-,29-,31+,32+,34-,35+/m1/s1. The molecule has 36 heavy (non-hydrogen) atoms. The number of hydrogen-bond acceptors (Lipinski definition) is 1. The summed E-state index contributed by atoms with van der Waals surface area (Å²) in [7, 11) is 0. The average molecular weight is 487 g/mol. The number of allylic oxidation sites excluding steroid dienone is 3. The third-order valence-electron chi connectivity index (χ3n) is 12.3. The first-order valence-corrected chi connectivity index (χ1v) is 15.4. The van der Waals surface area contributed by atoms with Gasteiger partial charge in [-0.25, -0.2) is 0 Å². The zero-order chi connectivity index (χ0) is 25.1. The van der Waals surface area contributed by atoms with E-state index in [1.165, 1.54) is 81.8 Å². The van der Waals surface area contributed by atoms with Crippen molar-refractivity contribution in [1.82, 2.24) is 0 Å². The highest BCUT2D eigenvalue weighted by Crippen LogP contribution is 2.79. The van der Waals surface area contributed by atoms with Crippen LogP contribution in [0.2, 0.25) is 0 Å². The van der Waals surface area contributed by atoms with Crippen LogP contribution < -0.4 is 0 Å². The van der Waals surface area contributed by atoms with Crippen molar-refractivity contribution in [3.63, 3.8) is 0 Å². The molecular weight excluding hydrogens is 436 g/mol. The van der Waals surface area contributed by atoms with E-state index in [-0.39, 0.29) is 0 Å². The molecule has 6 rings (SSSR count). The van der Waals surface area contributed by atoms with Gasteiger partial charge in [0, 0.05) is 6.61 Å². The summed E-state index contributed by atoms with van der Waals surface area (Å²) in [6, 6.07) is 10.8. The van der Waals surface area contributed by atoms with E-state index in [4.69, 9.17) is 0 Å². The molecule has 1 aromatic carbocycles. The zero-order valence-corrected chi connectivity index (χ0v) is 23.3. The molecule has 0 amide bonds. The second kappa shape index (κ2) is 9.14. The van der Waals surface area contributed by atoms with Crippen molar-refractivity contribution in [2.45, 2.75) is 97.8 Å². The van der Waals surface area contributed by atoms with E-state index >= 15 is 0 Å². The third-order valence-corrected chi connectivity index (χ3v) is 12.3. The predicted molar refractivity (Wildman–Crippen MR) is 151 cm³/mol. The normalized spacial score (nSPS) is 40.4. The summed E-state index contributed by atoms with van der Waals surface area (Å²) < 4.78 is 0. The quantitative estimate of drug-likeness (QED) is 0.426. The van der Waals surface area contributed by atoms with E-state index < -0.39 is 0 Å². The van der Waals surface area contributed by atoms with Crippen LogP contribution in [0.5, 0.6) is 0 Å². The van der Waals surface area contributed by atoms with Crippen molar-refractivity contribution in [2.75, 3.05) is 6.61 Å². The molecule has 0 bridgehead atoms. The molecule has 5 aliphatic carbocycles. The van der Waals surface area contributed by atoms with Crippen LogP contribution in [0.4, 0.5) is 0 Å². The zero-order valence-electron chi connectivity index (χ0n) is 23.3. The summed E-state index contributed by atoms with van der Waals surface area (Å²) in [6.07, 6.45) is 19.1. The molecule has 1 N–H and O–H groups in total. The Morgan fingerprint density at radius 2 is 1.69 bits per heavy atom. The predicted octanol–water partition coefficient (Wildman–Crippen LogP) is 8.78. The smallest absolute Gasteiger partial charge is 0.0462 e. The SMILES string of the molecule is C=C1C=C2[C@@]3(CC[C@H](C[C@H](CO)Cc4ccccc4)C3)CC[C@H](C3CCCCC3)[C@@]2(C)[C@H]2[C@H]1C2(C)C. The van der Waals surface area contributed by atoms with Crippen LogP contribution in [-0.4, -0.2) is 11.7 Å². The molecule has 5 aliphatic rings. The Bertz CT molecular complexity index is 997. The molecule has 0 aromatic heterocycles. The molecule has 196 valence electrons. The van der Waals surface area contributed by atoms with E-state index in [9.17, 15) is 5.11 Å². The topological polar surface area (TPSA) is 20.2 Å². The van der Waals surface area contributed by atoms with Gasteiger partial charge in [0.25, 0.3) is 0 Å². The molecule has 4 saturated carbocycles. The fourth-order valence-corrected chi connectivity index (χ4v) is 10.9. The Morgan fingerprint density at radius 3 is 2.42 bits per heavy atom. The number of aliphatic hydroxyl groups is 1. The fourth-order valence-electron chi connectivity index (χ4n) is 10.9. The van der Waals surface area contributed by atoms with Crippen LogP contribution in [0, 0.1) is 51.8 Å². The van der Waals surface area contributed by atoms with Gasteiger partial charge < -0.3 is 5.11 Å². The maximum atomic E-state index is 10.3. The molecule has 1 nitrogen and oxygen atoms in total. The molecule has 1 spiro atoms. The molecule has 1 heteroatoms.